The zero-order valence-corrected chi connectivity index (χ0v) is 23.6. The number of carbonyl (C=O) groups is 1. The molecule has 5 rings (SSSR count). The van der Waals surface area contributed by atoms with Crippen LogP contribution < -0.4 is 9.47 Å². The first kappa shape index (κ1) is 28.4. The number of ether oxygens (including phenoxy) is 5. The number of carboxylic acids is 1. The lowest BCUT2D eigenvalue weighted by Gasteiger charge is -2.24. The Morgan fingerprint density at radius 2 is 2.05 bits per heavy atom. The van der Waals surface area contributed by atoms with E-state index in [0.29, 0.717) is 63.2 Å². The van der Waals surface area contributed by atoms with Crippen molar-refractivity contribution in [1.82, 2.24) is 9.97 Å². The summed E-state index contributed by atoms with van der Waals surface area (Å²) in [6.45, 7) is 5.18. The van der Waals surface area contributed by atoms with Crippen molar-refractivity contribution in [2.75, 3.05) is 40.1 Å². The predicted molar refractivity (Wildman–Crippen MR) is 153 cm³/mol. The van der Waals surface area contributed by atoms with Gasteiger partial charge in [-0.25, -0.2) is 0 Å². The average Bonchev–Trinajstić information content (AvgIpc) is 3.61. The molecule has 11 heteroatoms. The quantitative estimate of drug-likeness (QED) is 0.272. The molecule has 10 nitrogen and oxygen atoms in total. The van der Waals surface area contributed by atoms with Gasteiger partial charge in [-0.3, -0.25) is 14.8 Å². The molecule has 0 saturated carbocycles. The molecule has 0 amide bonds. The summed E-state index contributed by atoms with van der Waals surface area (Å²) >= 11 is 1.52. The Balaban J connectivity index is 1.36. The largest absolute Gasteiger partial charge is 0.488 e. The Kier molecular flexibility index (Phi) is 9.58. The van der Waals surface area contributed by atoms with Crippen LogP contribution in [0.25, 0.3) is 10.9 Å². The first-order chi connectivity index (χ1) is 19.5. The van der Waals surface area contributed by atoms with Gasteiger partial charge in [-0.15, -0.1) is 0 Å². The topological polar surface area (TPSA) is 124 Å². The Labute approximate surface area is 237 Å². The molecule has 2 aliphatic heterocycles. The van der Waals surface area contributed by atoms with Crippen LogP contribution in [0.3, 0.4) is 0 Å². The highest BCUT2D eigenvalue weighted by Gasteiger charge is 2.33. The fraction of sp³-hybridized carbons (Fsp3) is 0.483. The third-order valence-electron chi connectivity index (χ3n) is 6.96. The van der Waals surface area contributed by atoms with Gasteiger partial charge >= 0.3 is 5.97 Å². The summed E-state index contributed by atoms with van der Waals surface area (Å²) in [6, 6.07) is 9.61. The third kappa shape index (κ3) is 6.95. The van der Waals surface area contributed by atoms with Gasteiger partial charge in [0.05, 0.1) is 68.6 Å². The monoisotopic (exact) mass is 569 g/mol. The van der Waals surface area contributed by atoms with E-state index in [0.717, 1.165) is 40.2 Å². The van der Waals surface area contributed by atoms with Gasteiger partial charge in [-0.1, -0.05) is 18.7 Å². The second-order valence-electron chi connectivity index (χ2n) is 9.79. The highest BCUT2D eigenvalue weighted by molar-refractivity contribution is 8.15. The van der Waals surface area contributed by atoms with Gasteiger partial charge in [0.15, 0.2) is 0 Å². The number of methoxy groups -OCH3 is 1. The van der Waals surface area contributed by atoms with E-state index in [1.807, 2.05) is 37.3 Å². The summed E-state index contributed by atoms with van der Waals surface area (Å²) in [5.41, 5.74) is 2.50. The van der Waals surface area contributed by atoms with Crippen LogP contribution in [-0.4, -0.2) is 77.5 Å². The third-order valence-corrected chi connectivity index (χ3v) is 8.31. The number of carboxylic acid groups (broad SMARTS) is 1. The molecule has 2 aromatic heterocycles. The molecule has 40 heavy (non-hydrogen) atoms. The first-order valence-electron chi connectivity index (χ1n) is 13.6. The number of nitrogens with one attached hydrogen (secondary N) is 1. The van der Waals surface area contributed by atoms with E-state index in [1.165, 1.54) is 11.8 Å². The van der Waals surface area contributed by atoms with Crippen LogP contribution in [0.2, 0.25) is 0 Å². The molecule has 3 aromatic rings. The number of hydrogen-bond acceptors (Lipinski definition) is 9. The van der Waals surface area contributed by atoms with Crippen molar-refractivity contribution in [2.45, 2.75) is 44.1 Å². The lowest BCUT2D eigenvalue weighted by molar-refractivity contribution is -0.141. The molecule has 214 valence electrons. The van der Waals surface area contributed by atoms with Crippen molar-refractivity contribution in [3.8, 4) is 17.2 Å². The number of aromatic nitrogens is 2. The van der Waals surface area contributed by atoms with Crippen molar-refractivity contribution >= 4 is 33.7 Å². The van der Waals surface area contributed by atoms with Crippen molar-refractivity contribution in [1.29, 1.82) is 0 Å². The first-order valence-corrected chi connectivity index (χ1v) is 14.5. The number of aromatic amines is 1. The lowest BCUT2D eigenvalue weighted by Crippen LogP contribution is -2.26. The maximum Gasteiger partial charge on any atom is 0.307 e. The molecule has 2 unspecified atom stereocenters. The highest BCUT2D eigenvalue weighted by atomic mass is 32.2. The molecule has 1 saturated heterocycles. The van der Waals surface area contributed by atoms with Gasteiger partial charge in [0.2, 0.25) is 0 Å². The van der Waals surface area contributed by atoms with E-state index in [1.54, 1.807) is 13.3 Å². The van der Waals surface area contributed by atoms with Crippen LogP contribution in [0.5, 0.6) is 17.2 Å². The number of nitrogens with zero attached hydrogens (tertiary/aromatic N) is 2. The van der Waals surface area contributed by atoms with Gasteiger partial charge in [-0.2, -0.15) is 0 Å². The molecule has 0 aliphatic carbocycles. The molecule has 2 atom stereocenters. The van der Waals surface area contributed by atoms with Crippen LogP contribution in [0.15, 0.2) is 41.5 Å². The van der Waals surface area contributed by atoms with Crippen LogP contribution >= 0.6 is 11.8 Å². The smallest absolute Gasteiger partial charge is 0.307 e. The van der Waals surface area contributed by atoms with Crippen LogP contribution in [0.4, 0.5) is 0 Å². The average molecular weight is 570 g/mol. The van der Waals surface area contributed by atoms with E-state index >= 15 is 0 Å². The molecule has 0 spiro atoms. The molecular formula is C29H35N3O7S. The maximum atomic E-state index is 11.7. The molecule has 0 radical (unpaired) electrons. The zero-order valence-electron chi connectivity index (χ0n) is 22.8. The minimum absolute atomic E-state index is 0.0430. The molecule has 1 fully saturated rings. The van der Waals surface area contributed by atoms with Crippen molar-refractivity contribution < 1.29 is 33.6 Å². The summed E-state index contributed by atoms with van der Waals surface area (Å²) < 4.78 is 28.7. The number of fused-ring (bicyclic) bond motifs is 1. The molecule has 0 bridgehead atoms. The van der Waals surface area contributed by atoms with Crippen molar-refractivity contribution in [3.05, 3.63) is 47.9 Å². The highest BCUT2D eigenvalue weighted by Crippen LogP contribution is 2.38. The van der Waals surface area contributed by atoms with Crippen molar-refractivity contribution in [3.63, 3.8) is 0 Å². The van der Waals surface area contributed by atoms with E-state index in [2.05, 4.69) is 15.0 Å². The van der Waals surface area contributed by atoms with E-state index < -0.39 is 11.9 Å². The SMILES string of the molecule is CCC(C(=O)O)C1CN=C(c2cc3cc(Oc4ccc(COCCOC)nc4)cc(OC4CCOCC4)c3[nH]2)S1. The van der Waals surface area contributed by atoms with Gasteiger partial charge < -0.3 is 33.8 Å². The second-order valence-corrected chi connectivity index (χ2v) is 11.0. The Morgan fingerprint density at radius 3 is 2.77 bits per heavy atom. The normalized spacial score (nSPS) is 18.6. The predicted octanol–water partition coefficient (Wildman–Crippen LogP) is 5.05. The number of aliphatic carboxylic acids is 1. The lowest BCUT2D eigenvalue weighted by atomic mass is 10.0. The van der Waals surface area contributed by atoms with Gasteiger partial charge in [-0.05, 0) is 30.7 Å². The van der Waals surface area contributed by atoms with Gasteiger partial charge in [0, 0.05) is 36.7 Å². The number of hydrogen-bond donors (Lipinski definition) is 2. The van der Waals surface area contributed by atoms with Crippen LogP contribution in [0, 0.1) is 5.92 Å². The minimum Gasteiger partial charge on any atom is -0.488 e. The number of pyridine rings is 1. The fourth-order valence-corrected chi connectivity index (χ4v) is 6.08. The Hall–Kier alpha value is -3.12. The summed E-state index contributed by atoms with van der Waals surface area (Å²) in [7, 11) is 1.64. The molecular weight excluding hydrogens is 534 g/mol. The molecule has 2 N–H and O–H groups in total. The maximum absolute atomic E-state index is 11.7. The summed E-state index contributed by atoms with van der Waals surface area (Å²) in [5, 5.41) is 11.2. The Bertz CT molecular complexity index is 1320. The zero-order chi connectivity index (χ0) is 27.9. The summed E-state index contributed by atoms with van der Waals surface area (Å²) in [4.78, 5) is 24.3. The molecule has 4 heterocycles. The molecule has 2 aliphatic rings. The number of benzene rings is 1. The fourth-order valence-electron chi connectivity index (χ4n) is 4.78. The van der Waals surface area contributed by atoms with Gasteiger partial charge in [0.25, 0.3) is 0 Å². The Morgan fingerprint density at radius 1 is 1.20 bits per heavy atom. The van der Waals surface area contributed by atoms with E-state index in [4.69, 9.17) is 23.7 Å². The van der Waals surface area contributed by atoms with Crippen LogP contribution in [-0.2, 0) is 25.6 Å². The number of H-pyrrole nitrogens is 1. The summed E-state index contributed by atoms with van der Waals surface area (Å²) in [6.07, 6.45) is 3.92. The van der Waals surface area contributed by atoms with Crippen LogP contribution in [0.1, 0.15) is 37.6 Å². The second kappa shape index (κ2) is 13.5. The number of aliphatic imine (C=N–C) groups is 1. The van der Waals surface area contributed by atoms with Crippen molar-refractivity contribution in [2.24, 2.45) is 10.9 Å². The summed E-state index contributed by atoms with van der Waals surface area (Å²) in [5.74, 6) is 0.717. The van der Waals surface area contributed by atoms with Gasteiger partial charge in [0.1, 0.15) is 28.4 Å². The molecule has 1 aromatic carbocycles. The minimum atomic E-state index is -0.775. The number of thioether (sulfide) groups is 1. The van der Waals surface area contributed by atoms with E-state index in [9.17, 15) is 9.90 Å². The van der Waals surface area contributed by atoms with E-state index in [-0.39, 0.29) is 11.4 Å². The number of rotatable bonds is 13. The standard InChI is InChI=1S/C29H35N3O7S/c1-3-23(29(33)34)26-16-31-28(40-26)24-13-18-12-22(14-25(27(18)32-24)39-20-6-8-36-9-7-20)38-21-5-4-19(30-15-21)17-37-11-10-35-2/h4-5,12-15,20,23,26,32H,3,6-11,16-17H2,1-2H3,(H,33,34).